The van der Waals surface area contributed by atoms with Crippen LogP contribution in [0, 0.1) is 0 Å². The Balaban J connectivity index is 2.20. The second-order valence-corrected chi connectivity index (χ2v) is 15.3. The average Bonchev–Trinajstić information content (AvgIpc) is 2.98. The van der Waals surface area contributed by atoms with E-state index in [4.69, 9.17) is 20.8 Å². The topological polar surface area (TPSA) is 71.1 Å². The molecule has 7 nitrogen and oxygen atoms in total. The van der Waals surface area contributed by atoms with Crippen LogP contribution in [-0.4, -0.2) is 55.3 Å². The van der Waals surface area contributed by atoms with Gasteiger partial charge in [0.15, 0.2) is 8.32 Å². The molecule has 2 rings (SSSR count). The van der Waals surface area contributed by atoms with Gasteiger partial charge < -0.3 is 14.5 Å². The lowest BCUT2D eigenvalue weighted by atomic mass is 10.2. The van der Waals surface area contributed by atoms with E-state index in [0.29, 0.717) is 10.7 Å². The summed E-state index contributed by atoms with van der Waals surface area (Å²) in [6.07, 6.45) is -0.857. The summed E-state index contributed by atoms with van der Waals surface area (Å²) >= 11 is 5.91. The van der Waals surface area contributed by atoms with E-state index in [1.165, 1.54) is 10.0 Å². The third-order valence-corrected chi connectivity index (χ3v) is 10.0. The Morgan fingerprint density at radius 3 is 2.07 bits per heavy atom. The number of carbonyl (C=O) groups excluding carboxylic acids is 2. The van der Waals surface area contributed by atoms with Gasteiger partial charge in [0.1, 0.15) is 5.60 Å². The molecule has 0 saturated carbocycles. The molecule has 1 N–H and O–H groups in total. The summed E-state index contributed by atoms with van der Waals surface area (Å²) < 4.78 is 12.0. The van der Waals surface area contributed by atoms with Crippen LogP contribution in [-0.2, 0) is 9.16 Å². The lowest BCUT2D eigenvalue weighted by Gasteiger charge is -2.38. The first kappa shape index (κ1) is 24.5. The largest absolute Gasteiger partial charge is 0.442 e. The fraction of sp³-hybridized carbons (Fsp3) is 0.619. The van der Waals surface area contributed by atoms with Gasteiger partial charge in [-0.15, -0.1) is 0 Å². The van der Waals surface area contributed by atoms with Crippen molar-refractivity contribution in [3.05, 3.63) is 29.3 Å². The van der Waals surface area contributed by atoms with Crippen LogP contribution in [0.25, 0.3) is 0 Å². The predicted molar refractivity (Wildman–Crippen MR) is 122 cm³/mol. The number of hydrogen-bond acceptors (Lipinski definition) is 4. The summed E-state index contributed by atoms with van der Waals surface area (Å²) in [6, 6.07) is 6.37. The Labute approximate surface area is 185 Å². The van der Waals surface area contributed by atoms with Crippen LogP contribution < -0.4 is 5.32 Å². The maximum atomic E-state index is 13.0. The summed E-state index contributed by atoms with van der Waals surface area (Å²) in [6.45, 7) is 16.7. The van der Waals surface area contributed by atoms with E-state index < -0.39 is 26.0 Å². The molecular weight excluding hydrogens is 422 g/mol. The SMILES string of the molecule is CC(C)(C)OC(=O)N1CC(O[Si](C)(C)C(C)(C)C)CN1C(=O)Nc1ccc(Cl)cc1. The van der Waals surface area contributed by atoms with Crippen LogP contribution in [0.15, 0.2) is 24.3 Å². The predicted octanol–water partition coefficient (Wildman–Crippen LogP) is 5.73. The highest BCUT2D eigenvalue weighted by atomic mass is 35.5. The number of nitrogens with zero attached hydrogens (tertiary/aromatic N) is 2. The summed E-state index contributed by atoms with van der Waals surface area (Å²) in [4.78, 5) is 25.8. The minimum absolute atomic E-state index is 0.0166. The molecule has 0 radical (unpaired) electrons. The number of ether oxygens (including phenoxy) is 1. The van der Waals surface area contributed by atoms with Gasteiger partial charge in [0, 0.05) is 10.7 Å². The first-order valence-electron chi connectivity index (χ1n) is 10.1. The third-order valence-electron chi connectivity index (χ3n) is 5.25. The molecule has 1 fully saturated rings. The van der Waals surface area contributed by atoms with Crippen molar-refractivity contribution in [2.45, 2.75) is 71.4 Å². The minimum Gasteiger partial charge on any atom is -0.442 e. The molecule has 1 atom stereocenters. The monoisotopic (exact) mass is 455 g/mol. The zero-order valence-corrected chi connectivity index (χ0v) is 21.0. The Bertz CT molecular complexity index is 772. The zero-order chi connectivity index (χ0) is 22.9. The van der Waals surface area contributed by atoms with E-state index in [2.05, 4.69) is 39.2 Å². The van der Waals surface area contributed by atoms with E-state index in [1.54, 1.807) is 45.0 Å². The average molecular weight is 456 g/mol. The second-order valence-electron chi connectivity index (χ2n) is 10.1. The molecule has 30 heavy (non-hydrogen) atoms. The molecule has 0 aliphatic carbocycles. The van der Waals surface area contributed by atoms with Gasteiger partial charge in [-0.3, -0.25) is 0 Å². The van der Waals surface area contributed by atoms with Crippen molar-refractivity contribution in [3.8, 4) is 0 Å². The Morgan fingerprint density at radius 1 is 1.03 bits per heavy atom. The summed E-state index contributed by atoms with van der Waals surface area (Å²) in [5.74, 6) is 0. The molecule has 3 amide bonds. The number of urea groups is 1. The fourth-order valence-corrected chi connectivity index (χ4v) is 4.17. The highest BCUT2D eigenvalue weighted by Gasteiger charge is 2.45. The molecule has 0 bridgehead atoms. The van der Waals surface area contributed by atoms with Crippen LogP contribution in [0.3, 0.4) is 0 Å². The molecule has 9 heteroatoms. The van der Waals surface area contributed by atoms with Crippen molar-refractivity contribution in [2.75, 3.05) is 18.4 Å². The van der Waals surface area contributed by atoms with Gasteiger partial charge in [0.25, 0.3) is 0 Å². The third kappa shape index (κ3) is 6.36. The van der Waals surface area contributed by atoms with Gasteiger partial charge in [-0.05, 0) is 63.2 Å². The summed E-state index contributed by atoms with van der Waals surface area (Å²) in [5.41, 5.74) is -0.0874. The van der Waals surface area contributed by atoms with Crippen LogP contribution in [0.5, 0.6) is 0 Å². The molecule has 168 valence electrons. The number of hydrogen-bond donors (Lipinski definition) is 1. The van der Waals surface area contributed by atoms with E-state index in [1.807, 2.05) is 0 Å². The molecule has 1 unspecified atom stereocenters. The Morgan fingerprint density at radius 2 is 1.57 bits per heavy atom. The quantitative estimate of drug-likeness (QED) is 0.590. The van der Waals surface area contributed by atoms with Crippen molar-refractivity contribution in [1.29, 1.82) is 0 Å². The molecule has 0 spiro atoms. The number of halogens is 1. The first-order chi connectivity index (χ1) is 13.6. The number of amides is 3. The van der Waals surface area contributed by atoms with E-state index >= 15 is 0 Å². The van der Waals surface area contributed by atoms with E-state index in [0.717, 1.165) is 0 Å². The highest BCUT2D eigenvalue weighted by Crippen LogP contribution is 2.38. The number of anilines is 1. The van der Waals surface area contributed by atoms with Crippen molar-refractivity contribution >= 4 is 37.7 Å². The summed E-state index contributed by atoms with van der Waals surface area (Å²) in [5, 5.41) is 6.09. The normalized spacial score (nSPS) is 17.8. The molecule has 1 aromatic carbocycles. The Kier molecular flexibility index (Phi) is 7.16. The van der Waals surface area contributed by atoms with Gasteiger partial charge in [-0.2, -0.15) is 0 Å². The molecule has 1 saturated heterocycles. The fourth-order valence-electron chi connectivity index (χ4n) is 2.71. The Hall–Kier alpha value is -1.77. The van der Waals surface area contributed by atoms with E-state index in [-0.39, 0.29) is 24.2 Å². The smallest absolute Gasteiger partial charge is 0.429 e. The zero-order valence-electron chi connectivity index (χ0n) is 19.2. The number of benzene rings is 1. The molecule has 1 aliphatic heterocycles. The van der Waals surface area contributed by atoms with Gasteiger partial charge in [0.2, 0.25) is 0 Å². The van der Waals surface area contributed by atoms with Gasteiger partial charge >= 0.3 is 12.1 Å². The van der Waals surface area contributed by atoms with Crippen LogP contribution in [0.1, 0.15) is 41.5 Å². The van der Waals surface area contributed by atoms with Crippen LogP contribution >= 0.6 is 11.6 Å². The van der Waals surface area contributed by atoms with Gasteiger partial charge in [-0.25, -0.2) is 19.6 Å². The first-order valence-corrected chi connectivity index (χ1v) is 13.4. The van der Waals surface area contributed by atoms with Crippen molar-refractivity contribution in [2.24, 2.45) is 0 Å². The number of carbonyl (C=O) groups is 2. The van der Waals surface area contributed by atoms with E-state index in [9.17, 15) is 9.59 Å². The maximum Gasteiger partial charge on any atom is 0.429 e. The summed E-state index contributed by atoms with van der Waals surface area (Å²) in [7, 11) is -2.08. The molecule has 1 aliphatic rings. The lowest BCUT2D eigenvalue weighted by molar-refractivity contribution is -0.00971. The minimum atomic E-state index is -2.08. The standard InChI is InChI=1S/C21H34ClN3O4Si/c1-20(2,3)28-19(27)25-14-17(29-30(7,8)21(4,5)6)13-24(25)18(26)23-16-11-9-15(22)10-12-16/h9-12,17H,13-14H2,1-8H3,(H,23,26). The number of hydrazine groups is 1. The lowest BCUT2D eigenvalue weighted by Crippen LogP contribution is -2.48. The molecule has 1 aromatic rings. The molecular formula is C21H34ClN3O4Si. The molecule has 0 aromatic heterocycles. The van der Waals surface area contributed by atoms with Crippen LogP contribution in [0.4, 0.5) is 15.3 Å². The molecule has 1 heterocycles. The maximum absolute atomic E-state index is 13.0. The number of nitrogens with one attached hydrogen (secondary N) is 1. The van der Waals surface area contributed by atoms with Crippen molar-refractivity contribution in [1.82, 2.24) is 10.0 Å². The van der Waals surface area contributed by atoms with Crippen molar-refractivity contribution in [3.63, 3.8) is 0 Å². The van der Waals surface area contributed by atoms with Crippen LogP contribution in [0.2, 0.25) is 23.2 Å². The van der Waals surface area contributed by atoms with Gasteiger partial charge in [0.05, 0.1) is 19.2 Å². The van der Waals surface area contributed by atoms with Crippen molar-refractivity contribution < 1.29 is 18.8 Å². The number of rotatable bonds is 3. The van der Waals surface area contributed by atoms with Gasteiger partial charge in [-0.1, -0.05) is 32.4 Å². The highest BCUT2D eigenvalue weighted by molar-refractivity contribution is 6.74. The second kappa shape index (κ2) is 8.76.